The third-order valence-electron chi connectivity index (χ3n) is 3.41. The molecule has 0 aliphatic heterocycles. The summed E-state index contributed by atoms with van der Waals surface area (Å²) in [5.41, 5.74) is 0.602. The van der Waals surface area contributed by atoms with Gasteiger partial charge in [-0.3, -0.25) is 0 Å². The van der Waals surface area contributed by atoms with Crippen LogP contribution in [0.2, 0.25) is 0 Å². The minimum atomic E-state index is -0.264. The Balaban J connectivity index is 1.89. The minimum absolute atomic E-state index is 0.177. The molecule has 0 saturated carbocycles. The third-order valence-corrected chi connectivity index (χ3v) is 6.31. The van der Waals surface area contributed by atoms with Crippen LogP contribution in [-0.4, -0.2) is 27.5 Å². The van der Waals surface area contributed by atoms with Crippen molar-refractivity contribution >= 4 is 56.6 Å². The molecule has 0 fully saturated rings. The first-order chi connectivity index (χ1) is 11.2. The van der Waals surface area contributed by atoms with Crippen LogP contribution in [-0.2, 0) is 4.74 Å². The van der Waals surface area contributed by atoms with E-state index in [1.165, 1.54) is 19.7 Å². The van der Waals surface area contributed by atoms with Gasteiger partial charge >= 0.3 is 150 Å². The normalized spacial score (nSPS) is 10.7. The van der Waals surface area contributed by atoms with E-state index in [-0.39, 0.29) is 20.9 Å². The van der Waals surface area contributed by atoms with Crippen LogP contribution in [0.25, 0.3) is 10.8 Å². The van der Waals surface area contributed by atoms with E-state index in [1.807, 2.05) is 31.2 Å². The summed E-state index contributed by atoms with van der Waals surface area (Å²) in [6.45, 7) is 2.21. The van der Waals surface area contributed by atoms with Crippen LogP contribution in [0.3, 0.4) is 0 Å². The molecule has 4 heteroatoms. The topological polar surface area (TPSA) is 26.3 Å². The van der Waals surface area contributed by atoms with Gasteiger partial charge in [-0.25, -0.2) is 0 Å². The Morgan fingerprint density at radius 3 is 2.43 bits per heavy atom. The fourth-order valence-corrected chi connectivity index (χ4v) is 5.34. The van der Waals surface area contributed by atoms with E-state index in [0.717, 1.165) is 4.47 Å². The number of fused-ring (bicyclic) bond motifs is 1. The molecule has 0 spiro atoms. The fraction of sp³-hybridized carbons (Fsp3) is 0.105. The van der Waals surface area contributed by atoms with E-state index < -0.39 is 0 Å². The number of carbonyl (C=O) groups excluding carboxylic acids is 1. The van der Waals surface area contributed by atoms with Crippen molar-refractivity contribution in [3.63, 3.8) is 0 Å². The molecule has 0 N–H and O–H groups in total. The van der Waals surface area contributed by atoms with Crippen molar-refractivity contribution in [3.05, 3.63) is 70.7 Å². The third kappa shape index (κ3) is 3.66. The molecule has 0 radical (unpaired) electrons. The second-order valence-corrected chi connectivity index (χ2v) is 8.14. The Morgan fingerprint density at radius 1 is 1.04 bits per heavy atom. The van der Waals surface area contributed by atoms with Crippen LogP contribution >= 0.6 is 15.9 Å². The Labute approximate surface area is 150 Å². The van der Waals surface area contributed by atoms with Gasteiger partial charge in [-0.05, 0) is 0 Å². The van der Waals surface area contributed by atoms with E-state index in [0.29, 0.717) is 12.2 Å². The zero-order chi connectivity index (χ0) is 16.2. The molecule has 0 aliphatic carbocycles. The predicted molar refractivity (Wildman–Crippen MR) is 99.1 cm³/mol. The molecule has 0 saturated heterocycles. The number of benzene rings is 3. The fourth-order valence-electron chi connectivity index (χ4n) is 2.35. The van der Waals surface area contributed by atoms with Gasteiger partial charge in [0.25, 0.3) is 0 Å². The Hall–Kier alpha value is -1.61. The van der Waals surface area contributed by atoms with Gasteiger partial charge in [0.2, 0.25) is 0 Å². The number of ether oxygens (including phenoxy) is 1. The molecule has 23 heavy (non-hydrogen) atoms. The average Bonchev–Trinajstić information content (AvgIpc) is 2.56. The summed E-state index contributed by atoms with van der Waals surface area (Å²) in [5.74, 6) is -0.264. The van der Waals surface area contributed by atoms with Gasteiger partial charge in [-0.15, -0.1) is 0 Å². The van der Waals surface area contributed by atoms with Crippen molar-refractivity contribution < 1.29 is 9.53 Å². The summed E-state index contributed by atoms with van der Waals surface area (Å²) in [7, 11) is 0. The van der Waals surface area contributed by atoms with Gasteiger partial charge in [-0.2, -0.15) is 0 Å². The molecule has 3 aromatic rings. The summed E-state index contributed by atoms with van der Waals surface area (Å²) in [6, 6.07) is 20.4. The molecule has 0 aromatic heterocycles. The molecule has 3 aromatic carbocycles. The Kier molecular flexibility index (Phi) is 5.16. The first kappa shape index (κ1) is 16.3. The molecular weight excluding hydrogens is 419 g/mol. The van der Waals surface area contributed by atoms with Crippen molar-refractivity contribution in [1.82, 2.24) is 0 Å². The molecule has 0 heterocycles. The molecular formula is C19H15BrO2Se. The summed E-state index contributed by atoms with van der Waals surface area (Å²) in [4.78, 5) is 11.7. The van der Waals surface area contributed by atoms with Crippen LogP contribution in [0, 0.1) is 0 Å². The van der Waals surface area contributed by atoms with E-state index in [1.54, 1.807) is 0 Å². The van der Waals surface area contributed by atoms with Crippen LogP contribution in [0.1, 0.15) is 17.3 Å². The monoisotopic (exact) mass is 434 g/mol. The number of carbonyl (C=O) groups is 1. The summed E-state index contributed by atoms with van der Waals surface area (Å²) in [5, 5.41) is 2.51. The first-order valence-corrected chi connectivity index (χ1v) is 9.82. The van der Waals surface area contributed by atoms with Gasteiger partial charge in [0.15, 0.2) is 0 Å². The standard InChI is InChI=1S/C19H15BrO2Se/c1-2-22-19(21)14-9-11-15(12-10-14)23-17-8-4-6-13-5-3-7-16(20)18(13)17/h3-12H,2H2,1H3. The van der Waals surface area contributed by atoms with E-state index in [2.05, 4.69) is 52.3 Å². The Morgan fingerprint density at radius 2 is 1.74 bits per heavy atom. The quantitative estimate of drug-likeness (QED) is 0.465. The van der Waals surface area contributed by atoms with Crippen LogP contribution in [0.5, 0.6) is 0 Å². The van der Waals surface area contributed by atoms with Crippen molar-refractivity contribution in [1.29, 1.82) is 0 Å². The van der Waals surface area contributed by atoms with Gasteiger partial charge in [-0.1, -0.05) is 0 Å². The SMILES string of the molecule is CCOC(=O)c1ccc([Se]c2cccc3cccc(Br)c23)cc1. The summed E-state index contributed by atoms with van der Waals surface area (Å²) >= 11 is 3.83. The van der Waals surface area contributed by atoms with Gasteiger partial charge in [0.1, 0.15) is 0 Å². The van der Waals surface area contributed by atoms with E-state index in [9.17, 15) is 4.79 Å². The number of halogens is 1. The maximum absolute atomic E-state index is 11.7. The van der Waals surface area contributed by atoms with Crippen molar-refractivity contribution in [3.8, 4) is 0 Å². The molecule has 0 aliphatic rings. The Bertz CT molecular complexity index is 838. The molecule has 3 rings (SSSR count). The van der Waals surface area contributed by atoms with Crippen LogP contribution in [0.15, 0.2) is 65.1 Å². The molecule has 0 atom stereocenters. The summed E-state index contributed by atoms with van der Waals surface area (Å²) < 4.78 is 8.70. The summed E-state index contributed by atoms with van der Waals surface area (Å²) in [6.07, 6.45) is 0. The zero-order valence-corrected chi connectivity index (χ0v) is 15.9. The van der Waals surface area contributed by atoms with Gasteiger partial charge < -0.3 is 0 Å². The van der Waals surface area contributed by atoms with Crippen molar-refractivity contribution in [2.45, 2.75) is 6.92 Å². The van der Waals surface area contributed by atoms with Gasteiger partial charge in [0, 0.05) is 0 Å². The number of hydrogen-bond donors (Lipinski definition) is 0. The van der Waals surface area contributed by atoms with Crippen molar-refractivity contribution in [2.75, 3.05) is 6.61 Å². The first-order valence-electron chi connectivity index (χ1n) is 7.31. The van der Waals surface area contributed by atoms with E-state index in [4.69, 9.17) is 4.74 Å². The average molecular weight is 434 g/mol. The zero-order valence-electron chi connectivity index (χ0n) is 12.6. The number of rotatable bonds is 4. The van der Waals surface area contributed by atoms with Crippen LogP contribution in [0.4, 0.5) is 0 Å². The number of esters is 1. The second-order valence-electron chi connectivity index (χ2n) is 4.94. The van der Waals surface area contributed by atoms with Crippen LogP contribution < -0.4 is 8.92 Å². The molecule has 2 nitrogen and oxygen atoms in total. The molecule has 0 bridgehead atoms. The van der Waals surface area contributed by atoms with E-state index >= 15 is 0 Å². The molecule has 0 amide bonds. The molecule has 116 valence electrons. The maximum atomic E-state index is 11.7. The van der Waals surface area contributed by atoms with Gasteiger partial charge in [0.05, 0.1) is 0 Å². The molecule has 0 unspecified atom stereocenters. The second kappa shape index (κ2) is 7.31. The number of hydrogen-bond acceptors (Lipinski definition) is 2. The predicted octanol–water partition coefficient (Wildman–Crippen LogP) is 3.43. The van der Waals surface area contributed by atoms with Crippen molar-refractivity contribution in [2.24, 2.45) is 0 Å².